The number of rotatable bonds is 3. The molecular formula is C20H14Br4S2. The highest BCUT2D eigenvalue weighted by Gasteiger charge is 2.33. The summed E-state index contributed by atoms with van der Waals surface area (Å²) in [4.78, 5) is 1.77. The Labute approximate surface area is 198 Å². The second-order valence-electron chi connectivity index (χ2n) is 6.07. The van der Waals surface area contributed by atoms with Crippen molar-refractivity contribution in [3.8, 4) is 0 Å². The molecule has 0 aliphatic rings. The minimum absolute atomic E-state index is 0.361. The Hall–Kier alpha value is 0.280. The van der Waals surface area contributed by atoms with Crippen LogP contribution in [0.5, 0.6) is 0 Å². The molecule has 3 rings (SSSR count). The fourth-order valence-electron chi connectivity index (χ4n) is 2.98. The fourth-order valence-corrected chi connectivity index (χ4v) is 5.61. The van der Waals surface area contributed by atoms with Gasteiger partial charge in [0.05, 0.1) is 0 Å². The highest BCUT2D eigenvalue weighted by Crippen LogP contribution is 2.45. The lowest BCUT2D eigenvalue weighted by Crippen LogP contribution is -2.25. The van der Waals surface area contributed by atoms with Gasteiger partial charge in [-0.25, -0.2) is 0 Å². The number of hydrogen-bond donors (Lipinski definition) is 2. The molecule has 0 unspecified atom stereocenters. The summed E-state index contributed by atoms with van der Waals surface area (Å²) in [5.74, 6) is 0. The van der Waals surface area contributed by atoms with Crippen molar-refractivity contribution in [2.75, 3.05) is 0 Å². The van der Waals surface area contributed by atoms with Gasteiger partial charge in [0, 0.05) is 33.1 Å². The van der Waals surface area contributed by atoms with E-state index in [0.717, 1.165) is 38.8 Å². The van der Waals surface area contributed by atoms with E-state index in [2.05, 4.69) is 144 Å². The zero-order valence-electron chi connectivity index (χ0n) is 13.6. The van der Waals surface area contributed by atoms with Gasteiger partial charge in [-0.05, 0) is 112 Å². The van der Waals surface area contributed by atoms with E-state index >= 15 is 0 Å². The van der Waals surface area contributed by atoms with E-state index in [4.69, 9.17) is 0 Å². The summed E-state index contributed by atoms with van der Waals surface area (Å²) in [5, 5.41) is 0. The fraction of sp³-hybridized carbons (Fsp3) is 0.100. The molecule has 0 spiro atoms. The molecule has 0 N–H and O–H groups in total. The zero-order chi connectivity index (χ0) is 19.1. The second-order valence-corrected chi connectivity index (χ2v) is 10.4. The van der Waals surface area contributed by atoms with E-state index in [1.165, 1.54) is 5.56 Å². The zero-order valence-corrected chi connectivity index (χ0v) is 21.7. The number of benzene rings is 3. The summed E-state index contributed by atoms with van der Waals surface area (Å²) in [5.41, 5.74) is 3.16. The van der Waals surface area contributed by atoms with Crippen molar-refractivity contribution in [1.29, 1.82) is 0 Å². The van der Waals surface area contributed by atoms with E-state index < -0.39 is 0 Å². The lowest BCUT2D eigenvalue weighted by molar-refractivity contribution is 0.688. The SMILES string of the molecule is CC(c1ccccc1)(c1cc(Br)c(S)c(Br)c1)c1cc(Br)c(S)c(Br)c1. The third-order valence-corrected chi connectivity index (χ3v) is 9.23. The van der Waals surface area contributed by atoms with Crippen molar-refractivity contribution in [3.05, 3.63) is 89.2 Å². The first kappa shape index (κ1) is 21.0. The van der Waals surface area contributed by atoms with Crippen LogP contribution >= 0.6 is 89.0 Å². The summed E-state index contributed by atoms with van der Waals surface area (Å²) >= 11 is 23.7. The molecule has 134 valence electrons. The Balaban J connectivity index is 2.35. The van der Waals surface area contributed by atoms with Crippen LogP contribution in [0, 0.1) is 0 Å². The summed E-state index contributed by atoms with van der Waals surface area (Å²) in [6, 6.07) is 19.0. The summed E-state index contributed by atoms with van der Waals surface area (Å²) < 4.78 is 3.82. The van der Waals surface area contributed by atoms with Gasteiger partial charge >= 0.3 is 0 Å². The predicted octanol–water partition coefficient (Wildman–Crippen LogP) is 8.67. The number of halogens is 4. The summed E-state index contributed by atoms with van der Waals surface area (Å²) in [7, 11) is 0. The monoisotopic (exact) mass is 634 g/mol. The molecule has 0 saturated heterocycles. The van der Waals surface area contributed by atoms with E-state index in [-0.39, 0.29) is 5.41 Å². The van der Waals surface area contributed by atoms with E-state index in [9.17, 15) is 0 Å². The maximum Gasteiger partial charge on any atom is 0.0424 e. The van der Waals surface area contributed by atoms with Gasteiger partial charge in [-0.2, -0.15) is 0 Å². The van der Waals surface area contributed by atoms with Gasteiger partial charge in [-0.15, -0.1) is 25.3 Å². The Kier molecular flexibility index (Phi) is 6.73. The van der Waals surface area contributed by atoms with Crippen LogP contribution in [0.4, 0.5) is 0 Å². The van der Waals surface area contributed by atoms with Crippen molar-refractivity contribution >= 4 is 89.0 Å². The van der Waals surface area contributed by atoms with Crippen LogP contribution in [0.1, 0.15) is 23.6 Å². The molecule has 0 bridgehead atoms. The Morgan fingerprint density at radius 2 is 0.962 bits per heavy atom. The summed E-state index contributed by atoms with van der Waals surface area (Å²) in [6.07, 6.45) is 0. The molecule has 0 nitrogen and oxygen atoms in total. The van der Waals surface area contributed by atoms with Crippen LogP contribution in [-0.4, -0.2) is 0 Å². The minimum atomic E-state index is -0.361. The molecule has 0 amide bonds. The van der Waals surface area contributed by atoms with Crippen molar-refractivity contribution in [2.45, 2.75) is 22.1 Å². The standard InChI is InChI=1S/C20H14Br4S2/c1-20(11-5-3-2-4-6-11,12-7-14(21)18(25)15(22)8-12)13-9-16(23)19(26)17(24)10-13/h2-10,25-26H,1H3. The van der Waals surface area contributed by atoms with Crippen molar-refractivity contribution < 1.29 is 0 Å². The molecule has 26 heavy (non-hydrogen) atoms. The molecule has 0 fully saturated rings. The first-order valence-electron chi connectivity index (χ1n) is 7.67. The molecule has 0 saturated carbocycles. The largest absolute Gasteiger partial charge is 0.141 e. The lowest BCUT2D eigenvalue weighted by Gasteiger charge is -2.33. The third kappa shape index (κ3) is 3.87. The highest BCUT2D eigenvalue weighted by molar-refractivity contribution is 9.11. The van der Waals surface area contributed by atoms with Gasteiger partial charge in [0.25, 0.3) is 0 Å². The molecule has 0 atom stereocenters. The molecule has 0 heterocycles. The maximum absolute atomic E-state index is 4.56. The van der Waals surface area contributed by atoms with Gasteiger partial charge in [-0.1, -0.05) is 30.3 Å². The number of hydrogen-bond acceptors (Lipinski definition) is 2. The van der Waals surface area contributed by atoms with E-state index in [0.29, 0.717) is 0 Å². The lowest BCUT2D eigenvalue weighted by atomic mass is 9.71. The molecule has 0 aliphatic heterocycles. The average Bonchev–Trinajstić information content (AvgIpc) is 2.63. The first-order chi connectivity index (χ1) is 12.2. The molecule has 3 aromatic carbocycles. The maximum atomic E-state index is 4.56. The Morgan fingerprint density at radius 1 is 0.615 bits per heavy atom. The first-order valence-corrected chi connectivity index (χ1v) is 11.7. The van der Waals surface area contributed by atoms with Crippen LogP contribution in [-0.2, 0) is 5.41 Å². The Bertz CT molecular complexity index is 867. The third-order valence-electron chi connectivity index (χ3n) is 4.54. The van der Waals surface area contributed by atoms with Crippen molar-refractivity contribution in [2.24, 2.45) is 0 Å². The van der Waals surface area contributed by atoms with Crippen molar-refractivity contribution in [1.82, 2.24) is 0 Å². The second kappa shape index (κ2) is 8.34. The topological polar surface area (TPSA) is 0 Å². The molecule has 0 radical (unpaired) electrons. The molecule has 3 aromatic rings. The average molecular weight is 638 g/mol. The van der Waals surface area contributed by atoms with Crippen LogP contribution in [0.25, 0.3) is 0 Å². The minimum Gasteiger partial charge on any atom is -0.141 e. The quantitative estimate of drug-likeness (QED) is 0.208. The van der Waals surface area contributed by atoms with Gasteiger partial charge in [0.2, 0.25) is 0 Å². The summed E-state index contributed by atoms with van der Waals surface area (Å²) in [6.45, 7) is 2.24. The van der Waals surface area contributed by atoms with Crippen LogP contribution in [0.15, 0.2) is 82.3 Å². The van der Waals surface area contributed by atoms with Gasteiger partial charge in [0.1, 0.15) is 0 Å². The van der Waals surface area contributed by atoms with Gasteiger partial charge < -0.3 is 0 Å². The smallest absolute Gasteiger partial charge is 0.0424 e. The van der Waals surface area contributed by atoms with Crippen LogP contribution in [0.2, 0.25) is 0 Å². The van der Waals surface area contributed by atoms with E-state index in [1.807, 2.05) is 6.07 Å². The van der Waals surface area contributed by atoms with Gasteiger partial charge in [-0.3, -0.25) is 0 Å². The van der Waals surface area contributed by atoms with E-state index in [1.54, 1.807) is 0 Å². The number of thiol groups is 2. The van der Waals surface area contributed by atoms with Crippen molar-refractivity contribution in [3.63, 3.8) is 0 Å². The predicted molar refractivity (Wildman–Crippen MR) is 130 cm³/mol. The molecule has 6 heteroatoms. The molecule has 0 aliphatic carbocycles. The van der Waals surface area contributed by atoms with Crippen LogP contribution in [0.3, 0.4) is 0 Å². The van der Waals surface area contributed by atoms with Gasteiger partial charge in [0.15, 0.2) is 0 Å². The normalized spacial score (nSPS) is 11.7. The highest BCUT2D eigenvalue weighted by atomic mass is 79.9. The molecular weight excluding hydrogens is 624 g/mol. The Morgan fingerprint density at radius 3 is 1.31 bits per heavy atom. The van der Waals surface area contributed by atoms with Crippen LogP contribution < -0.4 is 0 Å². The molecule has 0 aromatic heterocycles.